The average molecular weight is 274 g/mol. The molecular formula is C16H15FO3. The van der Waals surface area contributed by atoms with Crippen LogP contribution in [0.4, 0.5) is 4.39 Å². The summed E-state index contributed by atoms with van der Waals surface area (Å²) in [6.07, 6.45) is 0.213. The van der Waals surface area contributed by atoms with Gasteiger partial charge < -0.3 is 9.84 Å². The van der Waals surface area contributed by atoms with Gasteiger partial charge in [0.25, 0.3) is 0 Å². The van der Waals surface area contributed by atoms with Crippen LogP contribution in [0.3, 0.4) is 0 Å². The Labute approximate surface area is 116 Å². The van der Waals surface area contributed by atoms with Crippen LogP contribution in [0.15, 0.2) is 54.6 Å². The number of aliphatic carboxylic acids is 1. The fraction of sp³-hybridized carbons (Fsp3) is 0.188. The second-order valence-electron chi connectivity index (χ2n) is 4.36. The number of halogens is 1. The molecule has 2 rings (SSSR count). The van der Waals surface area contributed by atoms with E-state index in [2.05, 4.69) is 0 Å². The lowest BCUT2D eigenvalue weighted by molar-refractivity contribution is -0.139. The predicted molar refractivity (Wildman–Crippen MR) is 73.3 cm³/mol. The van der Waals surface area contributed by atoms with Crippen molar-refractivity contribution in [3.63, 3.8) is 0 Å². The van der Waals surface area contributed by atoms with Crippen LogP contribution in [-0.2, 0) is 4.79 Å². The maximum absolute atomic E-state index is 13.6. The van der Waals surface area contributed by atoms with E-state index in [0.29, 0.717) is 5.75 Å². The van der Waals surface area contributed by atoms with Gasteiger partial charge in [-0.05, 0) is 24.6 Å². The van der Waals surface area contributed by atoms with Gasteiger partial charge in [-0.3, -0.25) is 4.79 Å². The second-order valence-corrected chi connectivity index (χ2v) is 4.36. The smallest absolute Gasteiger partial charge is 0.311 e. The molecule has 0 heterocycles. The van der Waals surface area contributed by atoms with Crippen LogP contribution in [0, 0.1) is 5.82 Å². The van der Waals surface area contributed by atoms with Gasteiger partial charge in [-0.2, -0.15) is 0 Å². The Bertz CT molecular complexity index is 569. The number of rotatable bonds is 6. The molecule has 0 saturated carbocycles. The van der Waals surface area contributed by atoms with Gasteiger partial charge in [0, 0.05) is 5.56 Å². The molecule has 0 radical (unpaired) electrons. The fourth-order valence-corrected chi connectivity index (χ4v) is 1.98. The van der Waals surface area contributed by atoms with Crippen molar-refractivity contribution >= 4 is 5.97 Å². The summed E-state index contributed by atoms with van der Waals surface area (Å²) in [5.74, 6) is -1.78. The Morgan fingerprint density at radius 1 is 1.10 bits per heavy atom. The molecule has 0 fully saturated rings. The molecule has 1 N–H and O–H groups in total. The number of carboxylic acid groups (broad SMARTS) is 1. The maximum atomic E-state index is 13.6. The molecule has 0 aromatic heterocycles. The zero-order valence-electron chi connectivity index (χ0n) is 10.8. The fourth-order valence-electron chi connectivity index (χ4n) is 1.98. The van der Waals surface area contributed by atoms with Crippen molar-refractivity contribution < 1.29 is 19.0 Å². The monoisotopic (exact) mass is 274 g/mol. The van der Waals surface area contributed by atoms with Gasteiger partial charge in [0.15, 0.2) is 0 Å². The number of hydrogen-bond acceptors (Lipinski definition) is 2. The summed E-state index contributed by atoms with van der Waals surface area (Å²) in [6, 6.07) is 15.1. The number of carboxylic acids is 1. The minimum Gasteiger partial charge on any atom is -0.494 e. The van der Waals surface area contributed by atoms with Crippen molar-refractivity contribution in [2.45, 2.75) is 12.3 Å². The molecular weight excluding hydrogens is 259 g/mol. The lowest BCUT2D eigenvalue weighted by Crippen LogP contribution is -2.16. The number of para-hydroxylation sites is 1. The van der Waals surface area contributed by atoms with E-state index < -0.39 is 17.7 Å². The lowest BCUT2D eigenvalue weighted by atomic mass is 9.96. The summed E-state index contributed by atoms with van der Waals surface area (Å²) in [6.45, 7) is 0.218. The van der Waals surface area contributed by atoms with Gasteiger partial charge in [0.1, 0.15) is 11.6 Å². The zero-order chi connectivity index (χ0) is 14.4. The molecule has 1 unspecified atom stereocenters. The Kier molecular flexibility index (Phi) is 4.71. The first-order chi connectivity index (χ1) is 9.68. The lowest BCUT2D eigenvalue weighted by Gasteiger charge is -2.14. The Hall–Kier alpha value is -2.36. The first kappa shape index (κ1) is 14.1. The third kappa shape index (κ3) is 3.57. The second kappa shape index (κ2) is 6.70. The Morgan fingerprint density at radius 2 is 1.75 bits per heavy atom. The number of ether oxygens (including phenoxy) is 1. The molecule has 0 saturated heterocycles. The Morgan fingerprint density at radius 3 is 2.40 bits per heavy atom. The molecule has 2 aromatic carbocycles. The average Bonchev–Trinajstić information content (AvgIpc) is 2.45. The molecule has 1 atom stereocenters. The predicted octanol–water partition coefficient (Wildman–Crippen LogP) is 3.46. The molecule has 0 aliphatic carbocycles. The van der Waals surface area contributed by atoms with E-state index in [4.69, 9.17) is 4.74 Å². The van der Waals surface area contributed by atoms with Crippen molar-refractivity contribution in [3.8, 4) is 5.75 Å². The molecule has 4 heteroatoms. The SMILES string of the molecule is O=C(O)C(CCOc1ccccc1)c1ccccc1F. The summed E-state index contributed by atoms with van der Waals surface area (Å²) in [5, 5.41) is 9.23. The van der Waals surface area contributed by atoms with Crippen molar-refractivity contribution in [1.82, 2.24) is 0 Å². The summed E-state index contributed by atoms with van der Waals surface area (Å²) in [7, 11) is 0. The highest BCUT2D eigenvalue weighted by molar-refractivity contribution is 5.76. The zero-order valence-corrected chi connectivity index (χ0v) is 10.8. The number of hydrogen-bond donors (Lipinski definition) is 1. The van der Waals surface area contributed by atoms with Crippen molar-refractivity contribution in [2.24, 2.45) is 0 Å². The summed E-state index contributed by atoms with van der Waals surface area (Å²) >= 11 is 0. The van der Waals surface area contributed by atoms with E-state index in [9.17, 15) is 14.3 Å². The quantitative estimate of drug-likeness (QED) is 0.877. The van der Waals surface area contributed by atoms with Crippen molar-refractivity contribution in [2.75, 3.05) is 6.61 Å². The molecule has 20 heavy (non-hydrogen) atoms. The number of benzene rings is 2. The minimum absolute atomic E-state index is 0.191. The van der Waals surface area contributed by atoms with Crippen LogP contribution in [0.25, 0.3) is 0 Å². The molecule has 3 nitrogen and oxygen atoms in total. The van der Waals surface area contributed by atoms with Crippen LogP contribution < -0.4 is 4.74 Å². The summed E-state index contributed by atoms with van der Waals surface area (Å²) < 4.78 is 19.1. The standard InChI is InChI=1S/C16H15FO3/c17-15-9-5-4-8-13(15)14(16(18)19)10-11-20-12-6-2-1-3-7-12/h1-9,14H,10-11H2,(H,18,19). The van der Waals surface area contributed by atoms with Crippen LogP contribution in [0.1, 0.15) is 17.9 Å². The van der Waals surface area contributed by atoms with E-state index in [-0.39, 0.29) is 18.6 Å². The molecule has 104 valence electrons. The highest BCUT2D eigenvalue weighted by Gasteiger charge is 2.22. The van der Waals surface area contributed by atoms with Gasteiger partial charge in [0.2, 0.25) is 0 Å². The van der Waals surface area contributed by atoms with Crippen LogP contribution in [0.5, 0.6) is 5.75 Å². The number of carbonyl (C=O) groups is 1. The highest BCUT2D eigenvalue weighted by Crippen LogP contribution is 2.23. The normalized spacial score (nSPS) is 11.8. The topological polar surface area (TPSA) is 46.5 Å². The largest absolute Gasteiger partial charge is 0.494 e. The Balaban J connectivity index is 2.01. The minimum atomic E-state index is -1.05. The van der Waals surface area contributed by atoms with Gasteiger partial charge in [-0.1, -0.05) is 36.4 Å². The van der Waals surface area contributed by atoms with Gasteiger partial charge in [-0.15, -0.1) is 0 Å². The van der Waals surface area contributed by atoms with E-state index in [1.807, 2.05) is 18.2 Å². The molecule has 0 amide bonds. The van der Waals surface area contributed by atoms with Gasteiger partial charge >= 0.3 is 5.97 Å². The van der Waals surface area contributed by atoms with Gasteiger partial charge in [0.05, 0.1) is 12.5 Å². The molecule has 0 bridgehead atoms. The highest BCUT2D eigenvalue weighted by atomic mass is 19.1. The van der Waals surface area contributed by atoms with E-state index in [1.54, 1.807) is 18.2 Å². The van der Waals surface area contributed by atoms with Crippen LogP contribution >= 0.6 is 0 Å². The third-order valence-corrected chi connectivity index (χ3v) is 3.00. The molecule has 2 aromatic rings. The maximum Gasteiger partial charge on any atom is 0.311 e. The van der Waals surface area contributed by atoms with E-state index >= 15 is 0 Å². The molecule has 0 spiro atoms. The van der Waals surface area contributed by atoms with Crippen molar-refractivity contribution in [1.29, 1.82) is 0 Å². The summed E-state index contributed by atoms with van der Waals surface area (Å²) in [4.78, 5) is 11.3. The first-order valence-electron chi connectivity index (χ1n) is 6.33. The molecule has 0 aliphatic heterocycles. The van der Waals surface area contributed by atoms with E-state index in [0.717, 1.165) is 0 Å². The van der Waals surface area contributed by atoms with E-state index in [1.165, 1.54) is 18.2 Å². The van der Waals surface area contributed by atoms with Crippen molar-refractivity contribution in [3.05, 3.63) is 66.0 Å². The van der Waals surface area contributed by atoms with Crippen LogP contribution in [-0.4, -0.2) is 17.7 Å². The van der Waals surface area contributed by atoms with Crippen LogP contribution in [0.2, 0.25) is 0 Å². The van der Waals surface area contributed by atoms with Gasteiger partial charge in [-0.25, -0.2) is 4.39 Å². The summed E-state index contributed by atoms with van der Waals surface area (Å²) in [5.41, 5.74) is 0.191. The third-order valence-electron chi connectivity index (χ3n) is 3.00. The molecule has 0 aliphatic rings. The first-order valence-corrected chi connectivity index (χ1v) is 6.33.